The lowest BCUT2D eigenvalue weighted by Gasteiger charge is -2.06. The predicted octanol–water partition coefficient (Wildman–Crippen LogP) is 2.65. The Labute approximate surface area is 91.8 Å². The van der Waals surface area contributed by atoms with Crippen molar-refractivity contribution in [3.63, 3.8) is 0 Å². The number of rotatable bonds is 0. The van der Waals surface area contributed by atoms with Crippen LogP contribution in [0.1, 0.15) is 0 Å². The van der Waals surface area contributed by atoms with E-state index in [-0.39, 0.29) is 0 Å². The zero-order chi connectivity index (χ0) is 11.0. The molecule has 4 heteroatoms. The van der Waals surface area contributed by atoms with E-state index < -0.39 is 0 Å². The fourth-order valence-electron chi connectivity index (χ4n) is 1.74. The van der Waals surface area contributed by atoms with Crippen LogP contribution < -0.4 is 0 Å². The molecule has 0 saturated heterocycles. The highest BCUT2D eigenvalue weighted by atomic mass is 16.5. The van der Waals surface area contributed by atoms with Gasteiger partial charge in [0.25, 0.3) is 0 Å². The number of hydrogen-bond donors (Lipinski definition) is 1. The Balaban J connectivity index is 2.34. The molecule has 2 heterocycles. The van der Waals surface area contributed by atoms with Crippen LogP contribution in [0.15, 0.2) is 41.7 Å². The first-order valence-electron chi connectivity index (χ1n) is 4.96. The van der Waals surface area contributed by atoms with E-state index in [1.807, 2.05) is 24.5 Å². The molecule has 0 radical (unpaired) electrons. The Morgan fingerprint density at radius 1 is 1.12 bits per heavy atom. The lowest BCUT2D eigenvalue weighted by Crippen LogP contribution is -1.97. The van der Waals surface area contributed by atoms with Crippen molar-refractivity contribution in [1.29, 1.82) is 0 Å². The maximum atomic E-state index is 11.7. The smallest absolute Gasteiger partial charge is 0.243 e. The first-order valence-corrected chi connectivity index (χ1v) is 4.96. The third-order valence-electron chi connectivity index (χ3n) is 2.53. The fourth-order valence-corrected chi connectivity index (χ4v) is 1.74. The average Bonchev–Trinajstić information content (AvgIpc) is 2.71. The minimum absolute atomic E-state index is 0.563. The molecule has 1 N–H and O–H groups in total. The Morgan fingerprint density at radius 2 is 1.94 bits per heavy atom. The van der Waals surface area contributed by atoms with Crippen LogP contribution in [0, 0.1) is 5.21 Å². The molecule has 1 aromatic heterocycles. The van der Waals surface area contributed by atoms with Gasteiger partial charge in [-0.1, -0.05) is 0 Å². The van der Waals surface area contributed by atoms with Crippen LogP contribution in [0.5, 0.6) is 0 Å². The molecule has 4 nitrogen and oxygen atoms in total. The number of nitrogens with one attached hydrogen (secondary N) is 1. The summed E-state index contributed by atoms with van der Waals surface area (Å²) >= 11 is 0. The van der Waals surface area contributed by atoms with Crippen LogP contribution in [0.2, 0.25) is 0 Å². The Bertz CT molecular complexity index is 635. The van der Waals surface area contributed by atoms with E-state index in [9.17, 15) is 5.21 Å². The zero-order valence-electron chi connectivity index (χ0n) is 8.42. The quantitative estimate of drug-likeness (QED) is 0.528. The van der Waals surface area contributed by atoms with Gasteiger partial charge in [-0.15, -0.1) is 0 Å². The monoisotopic (exact) mass is 211 g/mol. The van der Waals surface area contributed by atoms with Gasteiger partial charge in [-0.05, 0) is 12.1 Å². The number of aliphatic imine (C=N–C) groups is 1. The topological polar surface area (TPSA) is 54.2 Å². The van der Waals surface area contributed by atoms with Gasteiger partial charge in [0.15, 0.2) is 6.21 Å². The predicted molar refractivity (Wildman–Crippen MR) is 64.9 cm³/mol. The van der Waals surface area contributed by atoms with E-state index in [0.29, 0.717) is 11.4 Å². The molecule has 0 amide bonds. The molecule has 1 aromatic carbocycles. The van der Waals surface area contributed by atoms with E-state index in [0.717, 1.165) is 15.5 Å². The third kappa shape index (κ3) is 1.32. The number of hydrogen-bond acceptors (Lipinski definition) is 2. The molecule has 0 atom stereocenters. The van der Waals surface area contributed by atoms with Gasteiger partial charge in [0.1, 0.15) is 5.69 Å². The van der Waals surface area contributed by atoms with Crippen LogP contribution in [-0.2, 0) is 0 Å². The zero-order valence-corrected chi connectivity index (χ0v) is 8.42. The Hall–Kier alpha value is -2.36. The van der Waals surface area contributed by atoms with Gasteiger partial charge >= 0.3 is 0 Å². The lowest BCUT2D eigenvalue weighted by molar-refractivity contribution is -0.353. The van der Waals surface area contributed by atoms with Crippen LogP contribution in [0.4, 0.5) is 11.4 Å². The Kier molecular flexibility index (Phi) is 1.86. The summed E-state index contributed by atoms with van der Waals surface area (Å²) in [5.74, 6) is 0. The number of H-pyrrole nitrogens is 1. The SMILES string of the molecule is [O-][N+]1=CC=CC=Nc2cc3c[nH]cc3cc21. The standard InChI is InChI=1S/C12H9N3O/c16-15-4-2-1-3-14-11-5-9-7-13-8-10(9)6-12(11)15/h1-8,13H. The summed E-state index contributed by atoms with van der Waals surface area (Å²) in [6, 6.07) is 3.73. The lowest BCUT2D eigenvalue weighted by atomic mass is 10.1. The molecule has 0 aliphatic carbocycles. The minimum atomic E-state index is 0.563. The number of aromatic nitrogens is 1. The van der Waals surface area contributed by atoms with Crippen molar-refractivity contribution in [3.8, 4) is 0 Å². The van der Waals surface area contributed by atoms with Gasteiger partial charge in [-0.2, -0.15) is 4.74 Å². The second-order valence-corrected chi connectivity index (χ2v) is 3.56. The van der Waals surface area contributed by atoms with E-state index in [1.165, 1.54) is 6.21 Å². The van der Waals surface area contributed by atoms with Gasteiger partial charge < -0.3 is 10.2 Å². The molecule has 3 rings (SSSR count). The van der Waals surface area contributed by atoms with E-state index in [2.05, 4.69) is 9.98 Å². The maximum Gasteiger partial charge on any atom is 0.243 e. The van der Waals surface area contributed by atoms with Crippen LogP contribution in [-0.4, -0.2) is 22.2 Å². The van der Waals surface area contributed by atoms with E-state index >= 15 is 0 Å². The molecule has 78 valence electrons. The molecule has 0 saturated carbocycles. The van der Waals surface area contributed by atoms with Crippen molar-refractivity contribution < 1.29 is 4.74 Å². The average molecular weight is 211 g/mol. The molecule has 16 heavy (non-hydrogen) atoms. The number of allylic oxidation sites excluding steroid dienone is 2. The highest BCUT2D eigenvalue weighted by molar-refractivity contribution is 5.92. The molecule has 1 aliphatic rings. The normalized spacial score (nSPS) is 14.4. The molecule has 0 spiro atoms. The number of benzene rings is 1. The van der Waals surface area contributed by atoms with Crippen molar-refractivity contribution >= 4 is 34.6 Å². The third-order valence-corrected chi connectivity index (χ3v) is 2.53. The van der Waals surface area contributed by atoms with Gasteiger partial charge in [-0.3, -0.25) is 0 Å². The largest absolute Gasteiger partial charge is 0.618 e. The summed E-state index contributed by atoms with van der Waals surface area (Å²) in [4.78, 5) is 7.25. The number of aromatic amines is 1. The molecular weight excluding hydrogens is 202 g/mol. The van der Waals surface area contributed by atoms with Crippen LogP contribution in [0.25, 0.3) is 10.8 Å². The first kappa shape index (κ1) is 8.91. The number of nitrogens with zero attached hydrogens (tertiary/aromatic N) is 2. The van der Waals surface area contributed by atoms with Crippen LogP contribution in [0.3, 0.4) is 0 Å². The first-order chi connectivity index (χ1) is 7.84. The van der Waals surface area contributed by atoms with Crippen molar-refractivity contribution in [3.05, 3.63) is 41.9 Å². The molecule has 1 aliphatic heterocycles. The van der Waals surface area contributed by atoms with Gasteiger partial charge in [0.05, 0.1) is 0 Å². The Morgan fingerprint density at radius 3 is 2.81 bits per heavy atom. The highest BCUT2D eigenvalue weighted by Crippen LogP contribution is 2.32. The summed E-state index contributed by atoms with van der Waals surface area (Å²) in [6.45, 7) is 0. The second-order valence-electron chi connectivity index (χ2n) is 3.56. The second kappa shape index (κ2) is 3.34. The summed E-state index contributed by atoms with van der Waals surface area (Å²) in [5, 5.41) is 13.8. The van der Waals surface area contributed by atoms with Crippen molar-refractivity contribution in [2.45, 2.75) is 0 Å². The summed E-state index contributed by atoms with van der Waals surface area (Å²) < 4.78 is 0.828. The van der Waals surface area contributed by atoms with Crippen molar-refractivity contribution in [2.75, 3.05) is 0 Å². The highest BCUT2D eigenvalue weighted by Gasteiger charge is 2.11. The molecule has 0 unspecified atom stereocenters. The van der Waals surface area contributed by atoms with Crippen LogP contribution >= 0.6 is 0 Å². The molecule has 0 fully saturated rings. The van der Waals surface area contributed by atoms with Gasteiger partial charge in [0, 0.05) is 41.5 Å². The molecule has 0 bridgehead atoms. The maximum absolute atomic E-state index is 11.7. The minimum Gasteiger partial charge on any atom is -0.618 e. The van der Waals surface area contributed by atoms with Crippen molar-refractivity contribution in [1.82, 2.24) is 4.98 Å². The van der Waals surface area contributed by atoms with Gasteiger partial charge in [-0.25, -0.2) is 4.99 Å². The van der Waals surface area contributed by atoms with E-state index in [1.54, 1.807) is 18.4 Å². The summed E-state index contributed by atoms with van der Waals surface area (Å²) in [6.07, 6.45) is 10.3. The molecule has 2 aromatic rings. The number of fused-ring (bicyclic) bond motifs is 2. The van der Waals surface area contributed by atoms with E-state index in [4.69, 9.17) is 0 Å². The van der Waals surface area contributed by atoms with Crippen molar-refractivity contribution in [2.24, 2.45) is 4.99 Å². The molecular formula is C12H9N3O. The fraction of sp³-hybridized carbons (Fsp3) is 0. The summed E-state index contributed by atoms with van der Waals surface area (Å²) in [7, 11) is 0. The summed E-state index contributed by atoms with van der Waals surface area (Å²) in [5.41, 5.74) is 1.25. The van der Waals surface area contributed by atoms with Gasteiger partial charge in [0.2, 0.25) is 5.69 Å².